The minimum atomic E-state index is 0.268. The molecular weight excluding hydrogens is 288 g/mol. The Hall–Kier alpha value is -2.04. The van der Waals surface area contributed by atoms with Gasteiger partial charge in [0, 0.05) is 45.6 Å². The first kappa shape index (κ1) is 17.3. The molecule has 0 aromatic heterocycles. The molecule has 0 spiro atoms. The van der Waals surface area contributed by atoms with Crippen molar-refractivity contribution in [3.63, 3.8) is 0 Å². The third kappa shape index (κ3) is 5.58. The van der Waals surface area contributed by atoms with Gasteiger partial charge in [0.15, 0.2) is 5.96 Å². The Bertz CT molecular complexity index is 515. The Kier molecular flexibility index (Phi) is 6.91. The van der Waals surface area contributed by atoms with Gasteiger partial charge in [0.1, 0.15) is 0 Å². The Balaban J connectivity index is 1.74. The number of hydrogen-bond acceptors (Lipinski definition) is 2. The molecular formula is C18H28N4O. The molecule has 1 aliphatic rings. The van der Waals surface area contributed by atoms with E-state index in [2.05, 4.69) is 34.7 Å². The van der Waals surface area contributed by atoms with Gasteiger partial charge in [0.05, 0.1) is 0 Å². The zero-order valence-corrected chi connectivity index (χ0v) is 14.2. The number of amides is 1. The van der Waals surface area contributed by atoms with Crippen LogP contribution in [0.15, 0.2) is 35.3 Å². The molecule has 1 unspecified atom stereocenters. The molecule has 0 aliphatic carbocycles. The molecule has 1 saturated heterocycles. The van der Waals surface area contributed by atoms with E-state index in [9.17, 15) is 4.79 Å². The van der Waals surface area contributed by atoms with E-state index >= 15 is 0 Å². The van der Waals surface area contributed by atoms with Crippen LogP contribution in [0.4, 0.5) is 0 Å². The van der Waals surface area contributed by atoms with Crippen LogP contribution >= 0.6 is 0 Å². The molecule has 23 heavy (non-hydrogen) atoms. The van der Waals surface area contributed by atoms with Crippen LogP contribution in [-0.4, -0.2) is 50.0 Å². The van der Waals surface area contributed by atoms with E-state index in [1.165, 1.54) is 5.56 Å². The van der Waals surface area contributed by atoms with Crippen LogP contribution < -0.4 is 10.6 Å². The van der Waals surface area contributed by atoms with Gasteiger partial charge in [-0.15, -0.1) is 0 Å². The van der Waals surface area contributed by atoms with Crippen LogP contribution in [0.25, 0.3) is 0 Å². The van der Waals surface area contributed by atoms with Gasteiger partial charge in [-0.2, -0.15) is 0 Å². The fourth-order valence-electron chi connectivity index (χ4n) is 2.82. The Morgan fingerprint density at radius 3 is 2.78 bits per heavy atom. The fraction of sp³-hybridized carbons (Fsp3) is 0.556. The molecule has 126 valence electrons. The SMILES string of the molecule is CCCNC(=NC)NCC1CC(=O)N(CCc2ccccc2)C1. The third-order valence-electron chi connectivity index (χ3n) is 4.13. The third-order valence-corrected chi connectivity index (χ3v) is 4.13. The van der Waals surface area contributed by atoms with Gasteiger partial charge in [-0.3, -0.25) is 9.79 Å². The lowest BCUT2D eigenvalue weighted by Gasteiger charge is -2.17. The lowest BCUT2D eigenvalue weighted by Crippen LogP contribution is -2.40. The number of carbonyl (C=O) groups is 1. The molecule has 0 bridgehead atoms. The first-order valence-electron chi connectivity index (χ1n) is 8.49. The van der Waals surface area contributed by atoms with Gasteiger partial charge < -0.3 is 15.5 Å². The van der Waals surface area contributed by atoms with Crippen molar-refractivity contribution in [3.8, 4) is 0 Å². The van der Waals surface area contributed by atoms with E-state index in [0.29, 0.717) is 12.3 Å². The second kappa shape index (κ2) is 9.18. The van der Waals surface area contributed by atoms with Crippen LogP contribution in [-0.2, 0) is 11.2 Å². The number of nitrogens with zero attached hydrogens (tertiary/aromatic N) is 2. The van der Waals surface area contributed by atoms with Crippen LogP contribution in [0.1, 0.15) is 25.3 Å². The van der Waals surface area contributed by atoms with Gasteiger partial charge in [-0.05, 0) is 18.4 Å². The van der Waals surface area contributed by atoms with Crippen LogP contribution in [0.3, 0.4) is 0 Å². The predicted octanol–water partition coefficient (Wildman–Crippen LogP) is 1.65. The molecule has 2 rings (SSSR count). The molecule has 5 heteroatoms. The van der Waals surface area contributed by atoms with Crippen molar-refractivity contribution >= 4 is 11.9 Å². The highest BCUT2D eigenvalue weighted by atomic mass is 16.2. The van der Waals surface area contributed by atoms with Crippen molar-refractivity contribution in [1.82, 2.24) is 15.5 Å². The topological polar surface area (TPSA) is 56.7 Å². The van der Waals surface area contributed by atoms with E-state index in [4.69, 9.17) is 0 Å². The largest absolute Gasteiger partial charge is 0.356 e. The predicted molar refractivity (Wildman–Crippen MR) is 94.5 cm³/mol. The number of likely N-dealkylation sites (tertiary alicyclic amines) is 1. The summed E-state index contributed by atoms with van der Waals surface area (Å²) in [7, 11) is 1.77. The summed E-state index contributed by atoms with van der Waals surface area (Å²) in [4.78, 5) is 18.3. The van der Waals surface area contributed by atoms with Crippen molar-refractivity contribution in [2.75, 3.05) is 33.2 Å². The fourth-order valence-corrected chi connectivity index (χ4v) is 2.82. The van der Waals surface area contributed by atoms with Crippen molar-refractivity contribution in [3.05, 3.63) is 35.9 Å². The highest BCUT2D eigenvalue weighted by Crippen LogP contribution is 2.17. The van der Waals surface area contributed by atoms with Crippen LogP contribution in [0.5, 0.6) is 0 Å². The average Bonchev–Trinajstić information content (AvgIpc) is 2.94. The van der Waals surface area contributed by atoms with Crippen LogP contribution in [0, 0.1) is 5.92 Å². The minimum Gasteiger partial charge on any atom is -0.356 e. The summed E-state index contributed by atoms with van der Waals surface area (Å²) >= 11 is 0. The standard InChI is InChI=1S/C18H28N4O/c1-3-10-20-18(19-2)21-13-16-12-17(23)22(14-16)11-9-15-7-5-4-6-8-15/h4-8,16H,3,9-14H2,1-2H3,(H2,19,20,21). The van der Waals surface area contributed by atoms with Gasteiger partial charge in [0.25, 0.3) is 0 Å². The molecule has 1 amide bonds. The summed E-state index contributed by atoms with van der Waals surface area (Å²) in [6.07, 6.45) is 2.62. The van der Waals surface area contributed by atoms with Crippen molar-refractivity contribution in [2.24, 2.45) is 10.9 Å². The van der Waals surface area contributed by atoms with Gasteiger partial charge in [0.2, 0.25) is 5.91 Å². The monoisotopic (exact) mass is 316 g/mol. The maximum Gasteiger partial charge on any atom is 0.223 e. The van der Waals surface area contributed by atoms with Crippen molar-refractivity contribution in [1.29, 1.82) is 0 Å². The number of nitrogens with one attached hydrogen (secondary N) is 2. The number of benzene rings is 1. The molecule has 1 atom stereocenters. The van der Waals surface area contributed by atoms with Crippen molar-refractivity contribution < 1.29 is 4.79 Å². The smallest absolute Gasteiger partial charge is 0.223 e. The van der Waals surface area contributed by atoms with E-state index in [1.807, 2.05) is 23.1 Å². The molecule has 1 aliphatic heterocycles. The molecule has 2 N–H and O–H groups in total. The average molecular weight is 316 g/mol. The molecule has 1 heterocycles. The first-order chi connectivity index (χ1) is 11.2. The van der Waals surface area contributed by atoms with Crippen LogP contribution in [0.2, 0.25) is 0 Å². The first-order valence-corrected chi connectivity index (χ1v) is 8.49. The number of aliphatic imine (C=N–C) groups is 1. The quantitative estimate of drug-likeness (QED) is 0.594. The molecule has 1 fully saturated rings. The minimum absolute atomic E-state index is 0.268. The van der Waals surface area contributed by atoms with Crippen molar-refractivity contribution in [2.45, 2.75) is 26.2 Å². The number of rotatable bonds is 7. The zero-order valence-electron chi connectivity index (χ0n) is 14.2. The number of guanidine groups is 1. The maximum atomic E-state index is 12.1. The molecule has 0 radical (unpaired) electrons. The lowest BCUT2D eigenvalue weighted by molar-refractivity contribution is -0.127. The van der Waals surface area contributed by atoms with Gasteiger partial charge >= 0.3 is 0 Å². The molecule has 1 aromatic rings. The second-order valence-corrected chi connectivity index (χ2v) is 6.03. The second-order valence-electron chi connectivity index (χ2n) is 6.03. The van der Waals surface area contributed by atoms with E-state index < -0.39 is 0 Å². The van der Waals surface area contributed by atoms with E-state index in [-0.39, 0.29) is 5.91 Å². The Morgan fingerprint density at radius 1 is 1.30 bits per heavy atom. The normalized spacial score (nSPS) is 18.3. The zero-order chi connectivity index (χ0) is 16.5. The summed E-state index contributed by atoms with van der Waals surface area (Å²) in [6, 6.07) is 10.3. The number of hydrogen-bond donors (Lipinski definition) is 2. The summed E-state index contributed by atoms with van der Waals surface area (Å²) < 4.78 is 0. The maximum absolute atomic E-state index is 12.1. The Labute approximate surface area is 139 Å². The van der Waals surface area contributed by atoms with E-state index in [1.54, 1.807) is 7.05 Å². The lowest BCUT2D eigenvalue weighted by atomic mass is 10.1. The highest BCUT2D eigenvalue weighted by Gasteiger charge is 2.29. The Morgan fingerprint density at radius 2 is 2.09 bits per heavy atom. The molecule has 1 aromatic carbocycles. The summed E-state index contributed by atoms with van der Waals surface area (Å²) in [6.45, 7) is 5.47. The highest BCUT2D eigenvalue weighted by molar-refractivity contribution is 5.80. The van der Waals surface area contributed by atoms with Gasteiger partial charge in [-0.25, -0.2) is 0 Å². The number of carbonyl (C=O) groups excluding carboxylic acids is 1. The summed E-state index contributed by atoms with van der Waals surface area (Å²) in [5.74, 6) is 1.45. The van der Waals surface area contributed by atoms with E-state index in [0.717, 1.165) is 45.0 Å². The summed E-state index contributed by atoms with van der Waals surface area (Å²) in [5, 5.41) is 6.57. The summed E-state index contributed by atoms with van der Waals surface area (Å²) in [5.41, 5.74) is 1.28. The van der Waals surface area contributed by atoms with Gasteiger partial charge in [-0.1, -0.05) is 37.3 Å². The molecule has 0 saturated carbocycles. The molecule has 5 nitrogen and oxygen atoms in total.